The quantitative estimate of drug-likeness (QED) is 0.741. The highest BCUT2D eigenvalue weighted by Crippen LogP contribution is 2.48. The number of para-hydroxylation sites is 2. The van der Waals surface area contributed by atoms with Crippen LogP contribution in [0.5, 0.6) is 5.75 Å². The summed E-state index contributed by atoms with van der Waals surface area (Å²) in [5, 5.41) is 3.07. The van der Waals surface area contributed by atoms with Crippen molar-refractivity contribution in [2.24, 2.45) is 5.92 Å². The molecule has 1 heterocycles. The van der Waals surface area contributed by atoms with Crippen LogP contribution in [0.1, 0.15) is 30.7 Å². The van der Waals surface area contributed by atoms with E-state index >= 15 is 0 Å². The molecule has 0 unspecified atom stereocenters. The number of benzene rings is 2. The van der Waals surface area contributed by atoms with Crippen LogP contribution in [-0.4, -0.2) is 22.6 Å². The lowest BCUT2D eigenvalue weighted by molar-refractivity contribution is -0.122. The summed E-state index contributed by atoms with van der Waals surface area (Å²) in [6.07, 6.45) is 0.892. The molecule has 0 spiro atoms. The fourth-order valence-corrected chi connectivity index (χ4v) is 3.64. The van der Waals surface area contributed by atoms with Gasteiger partial charge in [-0.15, -0.1) is 0 Å². The third kappa shape index (κ3) is 3.05. The monoisotopic (exact) mass is 349 g/mol. The fourth-order valence-electron chi connectivity index (χ4n) is 3.64. The number of nitrogens with one attached hydrogen (secondary N) is 1. The molecule has 0 aliphatic heterocycles. The first-order chi connectivity index (χ1) is 12.7. The molecule has 134 valence electrons. The SMILES string of the molecule is CCn1c(CNC(=O)[C@H]2C[C@H]2c2cccc(OC)c2)nc2ccccc21. The van der Waals surface area contributed by atoms with E-state index in [0.29, 0.717) is 6.54 Å². The number of imidazole rings is 1. The van der Waals surface area contributed by atoms with Crippen LogP contribution in [0.25, 0.3) is 11.0 Å². The minimum atomic E-state index is 0.0431. The topological polar surface area (TPSA) is 56.2 Å². The lowest BCUT2D eigenvalue weighted by Crippen LogP contribution is -2.26. The van der Waals surface area contributed by atoms with Crippen LogP contribution >= 0.6 is 0 Å². The van der Waals surface area contributed by atoms with Gasteiger partial charge < -0.3 is 14.6 Å². The van der Waals surface area contributed by atoms with Crippen molar-refractivity contribution in [2.45, 2.75) is 32.4 Å². The van der Waals surface area contributed by atoms with Crippen LogP contribution in [0.15, 0.2) is 48.5 Å². The normalized spacial score (nSPS) is 18.7. The summed E-state index contributed by atoms with van der Waals surface area (Å²) in [6.45, 7) is 3.39. The molecule has 1 fully saturated rings. The number of amides is 1. The molecule has 0 saturated heterocycles. The molecule has 3 aromatic rings. The molecule has 2 aromatic carbocycles. The third-order valence-corrected chi connectivity index (χ3v) is 5.12. The van der Waals surface area contributed by atoms with E-state index in [0.717, 1.165) is 35.6 Å². The molecule has 5 nitrogen and oxygen atoms in total. The second-order valence-electron chi connectivity index (χ2n) is 6.70. The van der Waals surface area contributed by atoms with Gasteiger partial charge in [-0.3, -0.25) is 4.79 Å². The highest BCUT2D eigenvalue weighted by molar-refractivity contribution is 5.83. The van der Waals surface area contributed by atoms with Crippen molar-refractivity contribution in [1.82, 2.24) is 14.9 Å². The van der Waals surface area contributed by atoms with Crippen LogP contribution < -0.4 is 10.1 Å². The standard InChI is InChI=1S/C21H23N3O2/c1-3-24-19-10-5-4-9-18(19)23-20(24)13-22-21(25)17-12-16(17)14-7-6-8-15(11-14)26-2/h4-11,16-17H,3,12-13H2,1-2H3,(H,22,25)/t16-,17-/m0/s1. The molecule has 4 rings (SSSR count). The number of aromatic nitrogens is 2. The van der Waals surface area contributed by atoms with E-state index in [-0.39, 0.29) is 17.7 Å². The third-order valence-electron chi connectivity index (χ3n) is 5.12. The minimum absolute atomic E-state index is 0.0431. The number of hydrogen-bond acceptors (Lipinski definition) is 3. The molecule has 0 bridgehead atoms. The molecule has 1 saturated carbocycles. The smallest absolute Gasteiger partial charge is 0.224 e. The van der Waals surface area contributed by atoms with Crippen LogP contribution in [0.3, 0.4) is 0 Å². The maximum atomic E-state index is 12.6. The van der Waals surface area contributed by atoms with E-state index in [4.69, 9.17) is 4.74 Å². The van der Waals surface area contributed by atoms with Gasteiger partial charge in [0.05, 0.1) is 24.7 Å². The average Bonchev–Trinajstić information content (AvgIpc) is 3.41. The minimum Gasteiger partial charge on any atom is -0.497 e. The van der Waals surface area contributed by atoms with Gasteiger partial charge in [0.1, 0.15) is 11.6 Å². The molecular formula is C21H23N3O2. The van der Waals surface area contributed by atoms with E-state index in [2.05, 4.69) is 33.9 Å². The summed E-state index contributed by atoms with van der Waals surface area (Å²) in [5.41, 5.74) is 3.25. The van der Waals surface area contributed by atoms with Crippen molar-refractivity contribution in [2.75, 3.05) is 7.11 Å². The second-order valence-corrected chi connectivity index (χ2v) is 6.70. The molecule has 1 aliphatic rings. The Kier molecular flexibility index (Phi) is 4.37. The highest BCUT2D eigenvalue weighted by Gasteiger charge is 2.43. The number of rotatable bonds is 6. The van der Waals surface area contributed by atoms with Gasteiger partial charge in [0.2, 0.25) is 5.91 Å². The molecule has 2 atom stereocenters. The van der Waals surface area contributed by atoms with Gasteiger partial charge in [-0.25, -0.2) is 4.98 Å². The summed E-state index contributed by atoms with van der Waals surface area (Å²) in [7, 11) is 1.66. The van der Waals surface area contributed by atoms with Crippen molar-refractivity contribution in [3.63, 3.8) is 0 Å². The molecule has 5 heteroatoms. The highest BCUT2D eigenvalue weighted by atomic mass is 16.5. The van der Waals surface area contributed by atoms with Crippen LogP contribution in [-0.2, 0) is 17.9 Å². The summed E-state index contributed by atoms with van der Waals surface area (Å²) in [5.74, 6) is 2.18. The summed E-state index contributed by atoms with van der Waals surface area (Å²) < 4.78 is 7.43. The largest absolute Gasteiger partial charge is 0.497 e. The van der Waals surface area contributed by atoms with Crippen LogP contribution in [0.4, 0.5) is 0 Å². The first-order valence-electron chi connectivity index (χ1n) is 9.07. The molecule has 1 N–H and O–H groups in total. The maximum Gasteiger partial charge on any atom is 0.224 e. The van der Waals surface area contributed by atoms with E-state index in [1.54, 1.807) is 7.11 Å². The van der Waals surface area contributed by atoms with Gasteiger partial charge in [0, 0.05) is 12.5 Å². The lowest BCUT2D eigenvalue weighted by Gasteiger charge is -2.08. The Morgan fingerprint density at radius 2 is 2.12 bits per heavy atom. The number of hydrogen-bond donors (Lipinski definition) is 1. The van der Waals surface area contributed by atoms with Gasteiger partial charge in [-0.1, -0.05) is 24.3 Å². The first kappa shape index (κ1) is 16.6. The Morgan fingerprint density at radius 1 is 1.27 bits per heavy atom. The van der Waals surface area contributed by atoms with Crippen molar-refractivity contribution in [1.29, 1.82) is 0 Å². The number of aryl methyl sites for hydroxylation is 1. The van der Waals surface area contributed by atoms with E-state index in [9.17, 15) is 4.79 Å². The van der Waals surface area contributed by atoms with Gasteiger partial charge >= 0.3 is 0 Å². The Bertz CT molecular complexity index is 947. The average molecular weight is 349 g/mol. The second kappa shape index (κ2) is 6.83. The van der Waals surface area contributed by atoms with Gasteiger partial charge in [0.25, 0.3) is 0 Å². The number of fused-ring (bicyclic) bond motifs is 1. The zero-order valence-corrected chi connectivity index (χ0v) is 15.1. The van der Waals surface area contributed by atoms with E-state index < -0.39 is 0 Å². The van der Waals surface area contributed by atoms with Crippen LogP contribution in [0, 0.1) is 5.92 Å². The number of ether oxygens (including phenoxy) is 1. The number of carbonyl (C=O) groups excluding carboxylic acids is 1. The Labute approximate surface area is 153 Å². The summed E-state index contributed by atoms with van der Waals surface area (Å²) in [6, 6.07) is 16.1. The molecule has 1 amide bonds. The molecular weight excluding hydrogens is 326 g/mol. The summed E-state index contributed by atoms with van der Waals surface area (Å²) in [4.78, 5) is 17.2. The van der Waals surface area contributed by atoms with Crippen molar-refractivity contribution < 1.29 is 9.53 Å². The van der Waals surface area contributed by atoms with Crippen molar-refractivity contribution in [3.05, 3.63) is 59.9 Å². The summed E-state index contributed by atoms with van der Waals surface area (Å²) >= 11 is 0. The van der Waals surface area contributed by atoms with Gasteiger partial charge in [0.15, 0.2) is 0 Å². The Morgan fingerprint density at radius 3 is 2.92 bits per heavy atom. The lowest BCUT2D eigenvalue weighted by atomic mass is 10.1. The number of methoxy groups -OCH3 is 1. The van der Waals surface area contributed by atoms with Gasteiger partial charge in [-0.05, 0) is 49.1 Å². The Hall–Kier alpha value is -2.82. The molecule has 26 heavy (non-hydrogen) atoms. The first-order valence-corrected chi connectivity index (χ1v) is 9.07. The molecule has 1 aliphatic carbocycles. The number of nitrogens with zero attached hydrogens (tertiary/aromatic N) is 2. The Balaban J connectivity index is 1.42. The van der Waals surface area contributed by atoms with Crippen molar-refractivity contribution >= 4 is 16.9 Å². The van der Waals surface area contributed by atoms with E-state index in [1.807, 2.05) is 36.4 Å². The zero-order valence-electron chi connectivity index (χ0n) is 15.1. The predicted octanol–water partition coefficient (Wildman–Crippen LogP) is 3.48. The zero-order chi connectivity index (χ0) is 18.1. The van der Waals surface area contributed by atoms with Crippen molar-refractivity contribution in [3.8, 4) is 5.75 Å². The molecule has 1 aromatic heterocycles. The maximum absolute atomic E-state index is 12.6. The molecule has 0 radical (unpaired) electrons. The predicted molar refractivity (Wildman–Crippen MR) is 101 cm³/mol. The fraction of sp³-hybridized carbons (Fsp3) is 0.333. The van der Waals surface area contributed by atoms with Crippen LogP contribution in [0.2, 0.25) is 0 Å². The van der Waals surface area contributed by atoms with Gasteiger partial charge in [-0.2, -0.15) is 0 Å². The van der Waals surface area contributed by atoms with E-state index in [1.165, 1.54) is 5.56 Å². The number of carbonyl (C=O) groups is 1.